The van der Waals surface area contributed by atoms with Crippen molar-refractivity contribution in [1.82, 2.24) is 24.8 Å². The number of anilines is 1. The van der Waals surface area contributed by atoms with Crippen molar-refractivity contribution in [2.75, 3.05) is 31.1 Å². The Morgan fingerprint density at radius 2 is 1.96 bits per heavy atom. The van der Waals surface area contributed by atoms with Crippen molar-refractivity contribution in [3.8, 4) is 0 Å². The zero-order valence-electron chi connectivity index (χ0n) is 15.4. The highest BCUT2D eigenvalue weighted by Gasteiger charge is 2.20. The van der Waals surface area contributed by atoms with Crippen LogP contribution in [0, 0.1) is 6.92 Å². The van der Waals surface area contributed by atoms with E-state index in [0.29, 0.717) is 17.4 Å². The number of rotatable bonds is 5. The van der Waals surface area contributed by atoms with Gasteiger partial charge in [-0.2, -0.15) is 0 Å². The highest BCUT2D eigenvalue weighted by atomic mass is 19.3. The second-order valence-corrected chi connectivity index (χ2v) is 6.85. The fraction of sp³-hybridized carbons (Fsp3) is 0.444. The van der Waals surface area contributed by atoms with Gasteiger partial charge in [0, 0.05) is 38.4 Å². The third kappa shape index (κ3) is 3.72. The average Bonchev–Trinajstić information content (AvgIpc) is 3.09. The molecule has 1 aromatic carbocycles. The summed E-state index contributed by atoms with van der Waals surface area (Å²) in [5.41, 5.74) is 2.69. The number of benzene rings is 1. The molecule has 0 bridgehead atoms. The van der Waals surface area contributed by atoms with Crippen LogP contribution in [0.5, 0.6) is 0 Å². The summed E-state index contributed by atoms with van der Waals surface area (Å²) < 4.78 is 30.8. The smallest absolute Gasteiger partial charge is 0.261 e. The number of alkyl halides is 2. The van der Waals surface area contributed by atoms with Gasteiger partial charge in [-0.1, -0.05) is 10.3 Å². The Hall–Kier alpha value is -2.88. The molecule has 0 N–H and O–H groups in total. The minimum atomic E-state index is -2.59. The first-order chi connectivity index (χ1) is 13.5. The van der Waals surface area contributed by atoms with Crippen LogP contribution in [-0.2, 0) is 13.1 Å². The van der Waals surface area contributed by atoms with Gasteiger partial charge in [-0.3, -0.25) is 14.3 Å². The molecule has 8 nitrogen and oxygen atoms in total. The van der Waals surface area contributed by atoms with E-state index in [1.165, 1.54) is 6.33 Å². The van der Waals surface area contributed by atoms with Crippen LogP contribution in [0.15, 0.2) is 33.9 Å². The highest BCUT2D eigenvalue weighted by molar-refractivity contribution is 5.81. The van der Waals surface area contributed by atoms with Gasteiger partial charge in [0.2, 0.25) is 0 Å². The lowest BCUT2D eigenvalue weighted by Gasteiger charge is -2.35. The molecule has 1 fully saturated rings. The molecule has 3 aromatic rings. The van der Waals surface area contributed by atoms with Crippen molar-refractivity contribution in [1.29, 1.82) is 0 Å². The maximum absolute atomic E-state index is 12.6. The average molecular weight is 390 g/mol. The van der Waals surface area contributed by atoms with Gasteiger partial charge in [0.05, 0.1) is 23.8 Å². The Bertz CT molecular complexity index is 1030. The number of aryl methyl sites for hydroxylation is 1. The van der Waals surface area contributed by atoms with E-state index in [2.05, 4.69) is 25.1 Å². The molecule has 0 saturated carbocycles. The van der Waals surface area contributed by atoms with Gasteiger partial charge in [0.1, 0.15) is 11.4 Å². The highest BCUT2D eigenvalue weighted by Crippen LogP contribution is 2.21. The molecule has 1 aliphatic heterocycles. The van der Waals surface area contributed by atoms with Gasteiger partial charge in [-0.15, -0.1) is 0 Å². The molecule has 0 spiro atoms. The predicted octanol–water partition coefficient (Wildman–Crippen LogP) is 1.68. The topological polar surface area (TPSA) is 80.3 Å². The Morgan fingerprint density at radius 1 is 1.18 bits per heavy atom. The molecule has 0 unspecified atom stereocenters. The van der Waals surface area contributed by atoms with Gasteiger partial charge in [-0.05, 0) is 25.1 Å². The summed E-state index contributed by atoms with van der Waals surface area (Å²) >= 11 is 0. The Kier molecular flexibility index (Phi) is 5.03. The number of aromatic nitrogens is 4. The van der Waals surface area contributed by atoms with Crippen LogP contribution in [-0.4, -0.2) is 57.4 Å². The second kappa shape index (κ2) is 7.63. The molecule has 4 rings (SSSR count). The van der Waals surface area contributed by atoms with E-state index in [1.54, 1.807) is 6.07 Å². The van der Waals surface area contributed by atoms with Crippen LogP contribution >= 0.6 is 0 Å². The SMILES string of the molecule is Cc1nonc1CN1CCN(c2ccc3c(=O)n(CC(F)F)cnc3c2)CC1. The van der Waals surface area contributed by atoms with Gasteiger partial charge in [0.15, 0.2) is 0 Å². The molecule has 28 heavy (non-hydrogen) atoms. The van der Waals surface area contributed by atoms with Crippen molar-refractivity contribution in [3.63, 3.8) is 0 Å². The molecule has 2 aromatic heterocycles. The van der Waals surface area contributed by atoms with Gasteiger partial charge < -0.3 is 4.90 Å². The summed E-state index contributed by atoms with van der Waals surface area (Å²) in [5, 5.41) is 8.08. The first kappa shape index (κ1) is 18.5. The lowest BCUT2D eigenvalue weighted by molar-refractivity contribution is 0.125. The minimum Gasteiger partial charge on any atom is -0.369 e. The summed E-state index contributed by atoms with van der Waals surface area (Å²) in [6.45, 7) is 5.27. The van der Waals surface area contributed by atoms with Crippen LogP contribution in [0.2, 0.25) is 0 Å². The zero-order valence-corrected chi connectivity index (χ0v) is 15.4. The molecule has 0 amide bonds. The molecule has 148 valence electrons. The lowest BCUT2D eigenvalue weighted by atomic mass is 10.2. The lowest BCUT2D eigenvalue weighted by Crippen LogP contribution is -2.46. The van der Waals surface area contributed by atoms with E-state index in [1.807, 2.05) is 19.1 Å². The number of hydrogen-bond donors (Lipinski definition) is 0. The van der Waals surface area contributed by atoms with Crippen molar-refractivity contribution in [2.24, 2.45) is 0 Å². The molecule has 1 aliphatic rings. The maximum atomic E-state index is 12.6. The van der Waals surface area contributed by atoms with E-state index in [-0.39, 0.29) is 0 Å². The van der Waals surface area contributed by atoms with E-state index in [9.17, 15) is 13.6 Å². The molecule has 1 saturated heterocycles. The van der Waals surface area contributed by atoms with E-state index < -0.39 is 18.5 Å². The molecule has 0 radical (unpaired) electrons. The summed E-state index contributed by atoms with van der Waals surface area (Å²) in [4.78, 5) is 21.0. The summed E-state index contributed by atoms with van der Waals surface area (Å²) in [6, 6.07) is 5.35. The standard InChI is InChI=1S/C18H20F2N6O2/c1-12-16(23-28-22-12)9-24-4-6-25(7-5-24)13-2-3-14-15(8-13)21-11-26(18(14)27)10-17(19)20/h2-3,8,11,17H,4-7,9-10H2,1H3. The molecule has 3 heterocycles. The largest absolute Gasteiger partial charge is 0.369 e. The number of hydrogen-bond acceptors (Lipinski definition) is 7. The first-order valence-electron chi connectivity index (χ1n) is 9.04. The van der Waals surface area contributed by atoms with E-state index in [0.717, 1.165) is 47.8 Å². The van der Waals surface area contributed by atoms with Crippen LogP contribution in [0.4, 0.5) is 14.5 Å². The number of fused-ring (bicyclic) bond motifs is 1. The monoisotopic (exact) mass is 390 g/mol. The van der Waals surface area contributed by atoms with Crippen LogP contribution in [0.3, 0.4) is 0 Å². The predicted molar refractivity (Wildman–Crippen MR) is 98.5 cm³/mol. The molecule has 0 aliphatic carbocycles. The normalized spacial score (nSPS) is 15.6. The maximum Gasteiger partial charge on any atom is 0.261 e. The van der Waals surface area contributed by atoms with Gasteiger partial charge >= 0.3 is 0 Å². The van der Waals surface area contributed by atoms with E-state index in [4.69, 9.17) is 4.63 Å². The van der Waals surface area contributed by atoms with E-state index >= 15 is 0 Å². The Labute approximate surface area is 159 Å². The fourth-order valence-corrected chi connectivity index (χ4v) is 3.39. The molecule has 10 heteroatoms. The number of piperazine rings is 1. The minimum absolute atomic E-state index is 0.347. The zero-order chi connectivity index (χ0) is 19.7. The van der Waals surface area contributed by atoms with Crippen molar-refractivity contribution < 1.29 is 13.4 Å². The molecular weight excluding hydrogens is 370 g/mol. The third-order valence-electron chi connectivity index (χ3n) is 5.00. The van der Waals surface area contributed by atoms with Gasteiger partial charge in [-0.25, -0.2) is 18.4 Å². The number of nitrogens with zero attached hydrogens (tertiary/aromatic N) is 6. The first-order valence-corrected chi connectivity index (χ1v) is 9.04. The second-order valence-electron chi connectivity index (χ2n) is 6.85. The Balaban J connectivity index is 1.46. The Morgan fingerprint density at radius 3 is 2.64 bits per heavy atom. The van der Waals surface area contributed by atoms with Crippen LogP contribution in [0.25, 0.3) is 10.9 Å². The number of halogens is 2. The summed E-state index contributed by atoms with van der Waals surface area (Å²) in [5.74, 6) is 0. The van der Waals surface area contributed by atoms with Crippen molar-refractivity contribution in [2.45, 2.75) is 26.4 Å². The third-order valence-corrected chi connectivity index (χ3v) is 5.00. The summed E-state index contributed by atoms with van der Waals surface area (Å²) in [7, 11) is 0. The van der Waals surface area contributed by atoms with Crippen LogP contribution in [0.1, 0.15) is 11.4 Å². The van der Waals surface area contributed by atoms with Gasteiger partial charge in [0.25, 0.3) is 12.0 Å². The van der Waals surface area contributed by atoms with Crippen molar-refractivity contribution in [3.05, 3.63) is 46.3 Å². The molecular formula is C18H20F2N6O2. The van der Waals surface area contributed by atoms with Crippen LogP contribution < -0.4 is 10.5 Å². The summed E-state index contributed by atoms with van der Waals surface area (Å²) in [6.07, 6.45) is -1.41. The van der Waals surface area contributed by atoms with Crippen molar-refractivity contribution >= 4 is 16.6 Å². The quantitative estimate of drug-likeness (QED) is 0.656. The molecule has 0 atom stereocenters. The fourth-order valence-electron chi connectivity index (χ4n) is 3.39.